The molecule has 3 aliphatic rings. The van der Waals surface area contributed by atoms with Gasteiger partial charge in [-0.3, -0.25) is 4.79 Å². The number of imidazole rings is 1. The Kier molecular flexibility index (Phi) is 5.39. The molecular weight excluding hydrogens is 498 g/mol. The average Bonchev–Trinajstić information content (AvgIpc) is 3.27. The van der Waals surface area contributed by atoms with Crippen molar-refractivity contribution in [3.63, 3.8) is 0 Å². The number of amides is 1. The van der Waals surface area contributed by atoms with Crippen molar-refractivity contribution in [3.05, 3.63) is 82.6 Å². The fourth-order valence-electron chi connectivity index (χ4n) is 6.32. The first-order valence-electron chi connectivity index (χ1n) is 13.2. The lowest BCUT2D eigenvalue weighted by Crippen LogP contribution is -2.32. The first-order chi connectivity index (χ1) is 18.8. The summed E-state index contributed by atoms with van der Waals surface area (Å²) in [7, 11) is 2.12. The van der Waals surface area contributed by atoms with Gasteiger partial charge in [-0.2, -0.15) is 0 Å². The van der Waals surface area contributed by atoms with Crippen molar-refractivity contribution in [1.29, 1.82) is 0 Å². The summed E-state index contributed by atoms with van der Waals surface area (Å²) in [5.41, 5.74) is 3.47. The molecule has 7 rings (SSSR count). The molecule has 4 atom stereocenters. The summed E-state index contributed by atoms with van der Waals surface area (Å²) in [6, 6.07) is 9.61. The second-order valence-electron chi connectivity index (χ2n) is 11.2. The van der Waals surface area contributed by atoms with E-state index in [1.807, 2.05) is 19.1 Å². The van der Waals surface area contributed by atoms with E-state index in [2.05, 4.69) is 44.1 Å². The van der Waals surface area contributed by atoms with Crippen LogP contribution in [0.3, 0.4) is 0 Å². The number of fused-ring (bicyclic) bond motifs is 3. The van der Waals surface area contributed by atoms with E-state index in [1.165, 1.54) is 0 Å². The van der Waals surface area contributed by atoms with Gasteiger partial charge in [-0.25, -0.2) is 18.7 Å². The molecule has 2 fully saturated rings. The number of likely N-dealkylation sites (tertiary alicyclic amines) is 1. The Morgan fingerprint density at radius 2 is 2.13 bits per heavy atom. The maximum Gasteiger partial charge on any atom is 0.270 e. The molecule has 2 aliphatic heterocycles. The molecule has 4 aromatic rings. The molecule has 198 valence electrons. The highest BCUT2D eigenvalue weighted by molar-refractivity contribution is 5.93. The van der Waals surface area contributed by atoms with Gasteiger partial charge in [0.15, 0.2) is 5.82 Å². The number of para-hydroxylation sites is 1. The number of piperidine rings is 1. The molecule has 1 unspecified atom stereocenters. The van der Waals surface area contributed by atoms with Gasteiger partial charge in [0, 0.05) is 52.8 Å². The number of alkyl halides is 1. The third kappa shape index (κ3) is 4.10. The summed E-state index contributed by atoms with van der Waals surface area (Å²) >= 11 is 0. The zero-order chi connectivity index (χ0) is 26.9. The first kappa shape index (κ1) is 24.0. The molecule has 1 aliphatic carbocycles. The van der Waals surface area contributed by atoms with E-state index in [4.69, 9.17) is 0 Å². The second kappa shape index (κ2) is 8.75. The number of nitrogens with one attached hydrogen (secondary N) is 2. The lowest BCUT2D eigenvalue weighted by Gasteiger charge is -2.18. The molecule has 0 radical (unpaired) electrons. The van der Waals surface area contributed by atoms with Crippen LogP contribution >= 0.6 is 0 Å². The number of aromatic amines is 1. The van der Waals surface area contributed by atoms with Crippen LogP contribution in [0.25, 0.3) is 10.9 Å². The second-order valence-corrected chi connectivity index (χ2v) is 11.2. The maximum atomic E-state index is 15.7. The van der Waals surface area contributed by atoms with Crippen LogP contribution in [0, 0.1) is 35.9 Å². The van der Waals surface area contributed by atoms with Crippen molar-refractivity contribution < 1.29 is 13.6 Å². The number of carbonyl (C=O) groups is 1. The lowest BCUT2D eigenvalue weighted by molar-refractivity contribution is 0.0936. The molecule has 1 saturated heterocycles. The largest absolute Gasteiger partial charge is 0.354 e. The Morgan fingerprint density at radius 1 is 1.28 bits per heavy atom. The van der Waals surface area contributed by atoms with Gasteiger partial charge in [0.25, 0.3) is 5.91 Å². The molecule has 1 amide bonds. The Morgan fingerprint density at radius 3 is 2.92 bits per heavy atom. The molecule has 9 heteroatoms. The molecule has 2 N–H and O–H groups in total. The normalized spacial score (nSPS) is 24.2. The minimum atomic E-state index is -1.05. The van der Waals surface area contributed by atoms with Crippen LogP contribution in [0.1, 0.15) is 51.3 Å². The fourth-order valence-corrected chi connectivity index (χ4v) is 6.32. The van der Waals surface area contributed by atoms with E-state index in [0.29, 0.717) is 33.9 Å². The molecule has 1 saturated carbocycles. The van der Waals surface area contributed by atoms with E-state index in [-0.39, 0.29) is 29.8 Å². The summed E-state index contributed by atoms with van der Waals surface area (Å²) in [6.45, 7) is 4.05. The summed E-state index contributed by atoms with van der Waals surface area (Å²) in [5, 5.41) is 3.36. The van der Waals surface area contributed by atoms with Crippen LogP contribution in [0.4, 0.5) is 8.78 Å². The molecule has 0 spiro atoms. The van der Waals surface area contributed by atoms with Crippen LogP contribution in [-0.2, 0) is 13.0 Å². The van der Waals surface area contributed by atoms with Crippen LogP contribution in [0.15, 0.2) is 42.7 Å². The van der Waals surface area contributed by atoms with Crippen molar-refractivity contribution in [1.82, 2.24) is 29.7 Å². The predicted octanol–water partition coefficient (Wildman–Crippen LogP) is 3.92. The maximum absolute atomic E-state index is 15.7. The van der Waals surface area contributed by atoms with Crippen LogP contribution in [0.2, 0.25) is 0 Å². The quantitative estimate of drug-likeness (QED) is 0.395. The lowest BCUT2D eigenvalue weighted by atomic mass is 10.0. The van der Waals surface area contributed by atoms with Crippen LogP contribution in [-0.4, -0.2) is 56.6 Å². The van der Waals surface area contributed by atoms with Gasteiger partial charge in [-0.1, -0.05) is 24.0 Å². The van der Waals surface area contributed by atoms with E-state index < -0.39 is 23.9 Å². The number of nitrogens with zero attached hydrogens (tertiary/aromatic N) is 4. The van der Waals surface area contributed by atoms with E-state index in [1.54, 1.807) is 35.2 Å². The Labute approximate surface area is 224 Å². The third-order valence-corrected chi connectivity index (χ3v) is 8.25. The number of pyridine rings is 1. The SMILES string of the molecule is Cc1cc(C#C[C@@]23C[C@@H]2CN(C)C3)cc(C(=O)NC(c2ncn3c2C[C@@H](F)C3)c2[nH]c3ccccc3c2F)n1. The Hall–Kier alpha value is -4.03. The highest BCUT2D eigenvalue weighted by Crippen LogP contribution is 2.56. The molecule has 1 aromatic carbocycles. The standard InChI is InChI=1S/C30H28F2N6O/c1-17-9-18(7-8-30-12-19(30)13-37(2)15-30)10-23(34-17)29(39)36-28(26-24-11-20(31)14-38(24)16-33-26)27-25(32)21-5-3-4-6-22(21)35-27/h3-6,9-10,16,19-20,28,35H,11-15H2,1-2H3,(H,36,39)/t19-,20-,28?,30+/m1/s1. The average molecular weight is 527 g/mol. The monoisotopic (exact) mass is 526 g/mol. The van der Waals surface area contributed by atoms with Crippen molar-refractivity contribution >= 4 is 16.8 Å². The highest BCUT2D eigenvalue weighted by Gasteiger charge is 2.58. The highest BCUT2D eigenvalue weighted by atomic mass is 19.1. The number of rotatable bonds is 4. The number of hydrogen-bond donors (Lipinski definition) is 2. The minimum Gasteiger partial charge on any atom is -0.354 e. The predicted molar refractivity (Wildman–Crippen MR) is 142 cm³/mol. The van der Waals surface area contributed by atoms with Gasteiger partial charge in [0.2, 0.25) is 0 Å². The van der Waals surface area contributed by atoms with Crippen LogP contribution < -0.4 is 5.32 Å². The van der Waals surface area contributed by atoms with E-state index in [9.17, 15) is 9.18 Å². The number of H-pyrrole nitrogens is 1. The summed E-state index contributed by atoms with van der Waals surface area (Å²) < 4.78 is 31.6. The van der Waals surface area contributed by atoms with Crippen molar-refractivity contribution in [2.45, 2.75) is 38.5 Å². The van der Waals surface area contributed by atoms with Gasteiger partial charge < -0.3 is 19.8 Å². The van der Waals surface area contributed by atoms with Gasteiger partial charge in [0.1, 0.15) is 17.9 Å². The fraction of sp³-hybridized carbons (Fsp3) is 0.367. The Bertz CT molecular complexity index is 1700. The van der Waals surface area contributed by atoms with Crippen molar-refractivity contribution in [3.8, 4) is 11.8 Å². The molecule has 3 aromatic heterocycles. The number of aryl methyl sites for hydroxylation is 1. The van der Waals surface area contributed by atoms with Gasteiger partial charge in [0.05, 0.1) is 24.3 Å². The summed E-state index contributed by atoms with van der Waals surface area (Å²) in [6.07, 6.45) is 1.78. The topological polar surface area (TPSA) is 78.8 Å². The smallest absolute Gasteiger partial charge is 0.270 e. The van der Waals surface area contributed by atoms with Gasteiger partial charge >= 0.3 is 0 Å². The van der Waals surface area contributed by atoms with Gasteiger partial charge in [-0.15, -0.1) is 0 Å². The number of carbonyl (C=O) groups excluding carboxylic acids is 1. The minimum absolute atomic E-state index is 0.0579. The third-order valence-electron chi connectivity index (χ3n) is 8.25. The molecule has 0 bridgehead atoms. The summed E-state index contributed by atoms with van der Waals surface area (Å²) in [4.78, 5) is 28.0. The van der Waals surface area contributed by atoms with Crippen molar-refractivity contribution in [2.24, 2.45) is 11.3 Å². The molecular formula is C30H28F2N6O. The number of hydrogen-bond acceptors (Lipinski definition) is 4. The molecule has 5 heterocycles. The first-order valence-corrected chi connectivity index (χ1v) is 13.2. The number of benzene rings is 1. The molecule has 7 nitrogen and oxygen atoms in total. The Balaban J connectivity index is 1.24. The summed E-state index contributed by atoms with van der Waals surface area (Å²) in [5.74, 6) is 6.41. The zero-order valence-electron chi connectivity index (χ0n) is 21.8. The van der Waals surface area contributed by atoms with Crippen molar-refractivity contribution in [2.75, 3.05) is 20.1 Å². The van der Waals surface area contributed by atoms with Crippen LogP contribution in [0.5, 0.6) is 0 Å². The van der Waals surface area contributed by atoms with E-state index in [0.717, 1.165) is 25.1 Å². The number of halogens is 2. The number of aromatic nitrogens is 4. The molecule has 39 heavy (non-hydrogen) atoms. The van der Waals surface area contributed by atoms with E-state index >= 15 is 4.39 Å². The van der Waals surface area contributed by atoms with Gasteiger partial charge in [-0.05, 0) is 50.6 Å². The zero-order valence-corrected chi connectivity index (χ0v) is 21.8.